The first-order chi connectivity index (χ1) is 13.7. The van der Waals surface area contributed by atoms with E-state index in [2.05, 4.69) is 63.4 Å². The van der Waals surface area contributed by atoms with Crippen molar-refractivity contribution in [3.05, 3.63) is 59.8 Å². The lowest BCUT2D eigenvalue weighted by atomic mass is 10.2. The molecule has 2 heterocycles. The average molecular weight is 381 g/mol. The number of pyridine rings is 1. The molecule has 1 aliphatic heterocycles. The third-order valence-electron chi connectivity index (χ3n) is 5.08. The Morgan fingerprint density at radius 3 is 2.39 bits per heavy atom. The molecule has 2 aromatic rings. The average Bonchev–Trinajstić information content (AvgIpc) is 2.75. The van der Waals surface area contributed by atoms with Crippen LogP contribution < -0.4 is 10.2 Å². The smallest absolute Gasteiger partial charge is 0.194 e. The van der Waals surface area contributed by atoms with E-state index in [-0.39, 0.29) is 0 Å². The van der Waals surface area contributed by atoms with Gasteiger partial charge >= 0.3 is 0 Å². The minimum absolute atomic E-state index is 0.617. The Balaban J connectivity index is 1.55. The number of benzene rings is 1. The van der Waals surface area contributed by atoms with Crippen LogP contribution in [0.25, 0.3) is 0 Å². The van der Waals surface area contributed by atoms with Crippen molar-refractivity contribution in [2.75, 3.05) is 51.7 Å². The number of piperazine rings is 1. The molecule has 1 aromatic heterocycles. The molecule has 0 atom stereocenters. The highest BCUT2D eigenvalue weighted by Crippen LogP contribution is 2.14. The van der Waals surface area contributed by atoms with Gasteiger partial charge in [-0.05, 0) is 23.7 Å². The van der Waals surface area contributed by atoms with Crippen LogP contribution in [-0.2, 0) is 13.1 Å². The molecule has 1 fully saturated rings. The summed E-state index contributed by atoms with van der Waals surface area (Å²) in [5.74, 6) is 1.95. The summed E-state index contributed by atoms with van der Waals surface area (Å²) in [5, 5.41) is 3.42. The molecule has 150 valence electrons. The molecule has 3 rings (SSSR count). The van der Waals surface area contributed by atoms with Gasteiger partial charge in [-0.1, -0.05) is 43.3 Å². The third-order valence-corrected chi connectivity index (χ3v) is 5.08. The summed E-state index contributed by atoms with van der Waals surface area (Å²) >= 11 is 0. The number of anilines is 1. The van der Waals surface area contributed by atoms with Crippen LogP contribution in [0.15, 0.2) is 53.7 Å². The Labute approximate surface area is 168 Å². The largest absolute Gasteiger partial charge is 0.354 e. The van der Waals surface area contributed by atoms with E-state index in [4.69, 9.17) is 4.99 Å². The van der Waals surface area contributed by atoms with Gasteiger partial charge in [0.05, 0.1) is 6.54 Å². The molecular weight excluding hydrogens is 348 g/mol. The zero-order valence-electron chi connectivity index (χ0n) is 17.3. The summed E-state index contributed by atoms with van der Waals surface area (Å²) < 4.78 is 0. The molecule has 1 saturated heterocycles. The summed E-state index contributed by atoms with van der Waals surface area (Å²) in [6.45, 7) is 9.06. The molecular formula is C22H32N6. The van der Waals surface area contributed by atoms with E-state index in [1.165, 1.54) is 5.56 Å². The summed E-state index contributed by atoms with van der Waals surface area (Å²) in [7, 11) is 4.02. The van der Waals surface area contributed by atoms with Crippen LogP contribution in [-0.4, -0.2) is 67.6 Å². The Morgan fingerprint density at radius 2 is 1.79 bits per heavy atom. The SMILES string of the molecule is CCN1CCN(c2ccc(CN=C(NCc3ccccc3)N(C)C)cn2)CC1. The quantitative estimate of drug-likeness (QED) is 0.616. The molecule has 1 aliphatic rings. The Morgan fingerprint density at radius 1 is 1.04 bits per heavy atom. The number of hydrogen-bond acceptors (Lipinski definition) is 4. The van der Waals surface area contributed by atoms with Crippen LogP contribution in [0.2, 0.25) is 0 Å². The molecule has 0 bridgehead atoms. The second-order valence-electron chi connectivity index (χ2n) is 7.32. The van der Waals surface area contributed by atoms with Crippen LogP contribution >= 0.6 is 0 Å². The van der Waals surface area contributed by atoms with Gasteiger partial charge in [0.25, 0.3) is 0 Å². The molecule has 0 spiro atoms. The van der Waals surface area contributed by atoms with E-state index in [0.717, 1.165) is 56.6 Å². The number of nitrogens with one attached hydrogen (secondary N) is 1. The first kappa shape index (κ1) is 20.1. The second-order valence-corrected chi connectivity index (χ2v) is 7.32. The predicted molar refractivity (Wildman–Crippen MR) is 117 cm³/mol. The van der Waals surface area contributed by atoms with Gasteiger partial charge < -0.3 is 20.0 Å². The van der Waals surface area contributed by atoms with Crippen molar-refractivity contribution < 1.29 is 0 Å². The molecule has 0 unspecified atom stereocenters. The van der Waals surface area contributed by atoms with Gasteiger partial charge in [0.15, 0.2) is 5.96 Å². The molecule has 0 saturated carbocycles. The molecule has 0 radical (unpaired) electrons. The molecule has 1 aromatic carbocycles. The number of nitrogens with zero attached hydrogens (tertiary/aromatic N) is 5. The summed E-state index contributed by atoms with van der Waals surface area (Å²) in [4.78, 5) is 16.3. The Kier molecular flexibility index (Phi) is 7.25. The van der Waals surface area contributed by atoms with Gasteiger partial charge in [0, 0.05) is 53.0 Å². The van der Waals surface area contributed by atoms with E-state index < -0.39 is 0 Å². The summed E-state index contributed by atoms with van der Waals surface area (Å²) in [6.07, 6.45) is 1.95. The lowest BCUT2D eigenvalue weighted by Gasteiger charge is -2.34. The fourth-order valence-corrected chi connectivity index (χ4v) is 3.29. The summed E-state index contributed by atoms with van der Waals surface area (Å²) in [5.41, 5.74) is 2.36. The first-order valence-electron chi connectivity index (χ1n) is 10.1. The molecule has 6 heteroatoms. The number of hydrogen-bond donors (Lipinski definition) is 1. The van der Waals surface area contributed by atoms with Gasteiger partial charge in [-0.3, -0.25) is 0 Å². The Hall–Kier alpha value is -2.60. The summed E-state index contributed by atoms with van der Waals surface area (Å²) in [6, 6.07) is 14.6. The molecule has 0 aliphatic carbocycles. The van der Waals surface area contributed by atoms with E-state index in [1.54, 1.807) is 0 Å². The fraction of sp³-hybridized carbons (Fsp3) is 0.455. The second kappa shape index (κ2) is 10.1. The number of guanidine groups is 1. The Bertz CT molecular complexity index is 733. The lowest BCUT2D eigenvalue weighted by Crippen LogP contribution is -2.46. The van der Waals surface area contributed by atoms with Gasteiger partial charge in [0.1, 0.15) is 5.82 Å². The van der Waals surface area contributed by atoms with Crippen molar-refractivity contribution in [3.63, 3.8) is 0 Å². The fourth-order valence-electron chi connectivity index (χ4n) is 3.29. The van der Waals surface area contributed by atoms with Crippen LogP contribution in [0, 0.1) is 0 Å². The lowest BCUT2D eigenvalue weighted by molar-refractivity contribution is 0.270. The van der Waals surface area contributed by atoms with E-state index in [0.29, 0.717) is 6.54 Å². The monoisotopic (exact) mass is 380 g/mol. The highest BCUT2D eigenvalue weighted by atomic mass is 15.3. The van der Waals surface area contributed by atoms with Gasteiger partial charge in [0.2, 0.25) is 0 Å². The highest BCUT2D eigenvalue weighted by Gasteiger charge is 2.16. The number of aromatic nitrogens is 1. The van der Waals surface area contributed by atoms with Gasteiger partial charge in [-0.2, -0.15) is 0 Å². The van der Waals surface area contributed by atoms with Crippen molar-refractivity contribution in [1.82, 2.24) is 20.1 Å². The van der Waals surface area contributed by atoms with Crippen LogP contribution in [0.4, 0.5) is 5.82 Å². The molecule has 1 N–H and O–H groups in total. The molecule has 28 heavy (non-hydrogen) atoms. The normalized spacial score (nSPS) is 15.5. The minimum atomic E-state index is 0.617. The van der Waals surface area contributed by atoms with Crippen LogP contribution in [0.1, 0.15) is 18.1 Å². The topological polar surface area (TPSA) is 47.0 Å². The maximum Gasteiger partial charge on any atom is 0.194 e. The van der Waals surface area contributed by atoms with Crippen molar-refractivity contribution in [2.45, 2.75) is 20.0 Å². The number of aliphatic imine (C=N–C) groups is 1. The first-order valence-corrected chi connectivity index (χ1v) is 10.1. The highest BCUT2D eigenvalue weighted by molar-refractivity contribution is 5.79. The molecule has 0 amide bonds. The van der Waals surface area contributed by atoms with Crippen LogP contribution in [0.3, 0.4) is 0 Å². The molecule has 6 nitrogen and oxygen atoms in total. The van der Waals surface area contributed by atoms with Crippen molar-refractivity contribution in [2.24, 2.45) is 4.99 Å². The van der Waals surface area contributed by atoms with E-state index in [9.17, 15) is 0 Å². The number of rotatable bonds is 6. The maximum atomic E-state index is 4.74. The number of likely N-dealkylation sites (N-methyl/N-ethyl adjacent to an activating group) is 1. The standard InChI is InChI=1S/C22H32N6/c1-4-27-12-14-28(15-13-27)21-11-10-20(17-23-21)18-25-22(26(2)3)24-16-19-8-6-5-7-9-19/h5-11,17H,4,12-16,18H2,1-3H3,(H,24,25). The zero-order chi connectivity index (χ0) is 19.8. The van der Waals surface area contributed by atoms with Gasteiger partial charge in [-0.15, -0.1) is 0 Å². The predicted octanol–water partition coefficient (Wildman–Crippen LogP) is 2.43. The van der Waals surface area contributed by atoms with Crippen molar-refractivity contribution in [1.29, 1.82) is 0 Å². The van der Waals surface area contributed by atoms with E-state index >= 15 is 0 Å². The minimum Gasteiger partial charge on any atom is -0.354 e. The van der Waals surface area contributed by atoms with Gasteiger partial charge in [-0.25, -0.2) is 9.98 Å². The maximum absolute atomic E-state index is 4.74. The van der Waals surface area contributed by atoms with E-state index in [1.807, 2.05) is 31.3 Å². The zero-order valence-corrected chi connectivity index (χ0v) is 17.3. The van der Waals surface area contributed by atoms with Crippen LogP contribution in [0.5, 0.6) is 0 Å². The van der Waals surface area contributed by atoms with Crippen molar-refractivity contribution >= 4 is 11.8 Å². The van der Waals surface area contributed by atoms with Crippen molar-refractivity contribution in [3.8, 4) is 0 Å². The third kappa shape index (κ3) is 5.70.